The quantitative estimate of drug-likeness (QED) is 0.823. The maximum absolute atomic E-state index is 13.1. The lowest BCUT2D eigenvalue weighted by atomic mass is 10.0. The van der Waals surface area contributed by atoms with E-state index >= 15 is 0 Å². The Bertz CT molecular complexity index is 790. The SMILES string of the molecule is COc1ccc(-c2onc(N3CCCC3)c2C(=O)NCC2CCCOC2)cc1. The molecule has 2 fully saturated rings. The van der Waals surface area contributed by atoms with Crippen LogP contribution >= 0.6 is 0 Å². The van der Waals surface area contributed by atoms with Crippen LogP contribution in [0.5, 0.6) is 5.75 Å². The monoisotopic (exact) mass is 385 g/mol. The fourth-order valence-corrected chi connectivity index (χ4v) is 3.86. The first-order valence-corrected chi connectivity index (χ1v) is 10.0. The minimum Gasteiger partial charge on any atom is -0.497 e. The third-order valence-corrected chi connectivity index (χ3v) is 5.46. The molecule has 0 bridgehead atoms. The van der Waals surface area contributed by atoms with Crippen molar-refractivity contribution in [3.63, 3.8) is 0 Å². The van der Waals surface area contributed by atoms with Crippen molar-refractivity contribution >= 4 is 11.7 Å². The summed E-state index contributed by atoms with van der Waals surface area (Å²) in [5.74, 6) is 2.12. The average molecular weight is 385 g/mol. The Balaban J connectivity index is 1.59. The standard InChI is InChI=1S/C21H27N3O4/c1-26-17-8-6-16(7-9-17)19-18(20(23-28-19)24-10-2-3-11-24)21(25)22-13-15-5-4-12-27-14-15/h6-9,15H,2-5,10-14H2,1H3,(H,22,25). The number of aromatic nitrogens is 1. The molecule has 0 aliphatic carbocycles. The molecule has 2 aliphatic heterocycles. The number of hydrogen-bond acceptors (Lipinski definition) is 6. The molecule has 2 aromatic rings. The van der Waals surface area contributed by atoms with Crippen LogP contribution in [0, 0.1) is 5.92 Å². The zero-order valence-corrected chi connectivity index (χ0v) is 16.3. The van der Waals surface area contributed by atoms with Gasteiger partial charge >= 0.3 is 0 Å². The number of hydrogen-bond donors (Lipinski definition) is 1. The van der Waals surface area contributed by atoms with Gasteiger partial charge in [-0.15, -0.1) is 0 Å². The molecule has 150 valence electrons. The van der Waals surface area contributed by atoms with Gasteiger partial charge in [-0.05, 0) is 55.9 Å². The van der Waals surface area contributed by atoms with Crippen LogP contribution in [0.4, 0.5) is 5.82 Å². The first-order valence-electron chi connectivity index (χ1n) is 10.0. The molecule has 0 saturated carbocycles. The van der Waals surface area contributed by atoms with Crippen LogP contribution in [0.2, 0.25) is 0 Å². The van der Waals surface area contributed by atoms with Crippen LogP contribution in [-0.2, 0) is 4.74 Å². The second-order valence-corrected chi connectivity index (χ2v) is 7.43. The summed E-state index contributed by atoms with van der Waals surface area (Å²) < 4.78 is 16.4. The highest BCUT2D eigenvalue weighted by Gasteiger charge is 2.29. The molecular formula is C21H27N3O4. The van der Waals surface area contributed by atoms with Crippen LogP contribution in [0.3, 0.4) is 0 Å². The van der Waals surface area contributed by atoms with Gasteiger partial charge in [-0.3, -0.25) is 4.79 Å². The second-order valence-electron chi connectivity index (χ2n) is 7.43. The number of nitrogens with one attached hydrogen (secondary N) is 1. The minimum atomic E-state index is -0.139. The molecule has 0 radical (unpaired) electrons. The molecular weight excluding hydrogens is 358 g/mol. The first-order chi connectivity index (χ1) is 13.8. The van der Waals surface area contributed by atoms with E-state index in [-0.39, 0.29) is 5.91 Å². The number of anilines is 1. The molecule has 3 heterocycles. The van der Waals surface area contributed by atoms with Crippen molar-refractivity contribution in [1.82, 2.24) is 10.5 Å². The number of rotatable bonds is 6. The van der Waals surface area contributed by atoms with Gasteiger partial charge in [0.15, 0.2) is 11.6 Å². The summed E-state index contributed by atoms with van der Waals surface area (Å²) in [5, 5.41) is 7.35. The van der Waals surface area contributed by atoms with E-state index < -0.39 is 0 Å². The molecule has 1 N–H and O–H groups in total. The molecule has 7 heteroatoms. The van der Waals surface area contributed by atoms with Gasteiger partial charge in [-0.2, -0.15) is 0 Å². The van der Waals surface area contributed by atoms with Gasteiger partial charge in [0.2, 0.25) is 0 Å². The van der Waals surface area contributed by atoms with Crippen LogP contribution < -0.4 is 15.0 Å². The van der Waals surface area contributed by atoms with Gasteiger partial charge in [0.1, 0.15) is 11.3 Å². The Hall–Kier alpha value is -2.54. The lowest BCUT2D eigenvalue weighted by molar-refractivity contribution is 0.0536. The lowest BCUT2D eigenvalue weighted by Gasteiger charge is -2.22. The fraction of sp³-hybridized carbons (Fsp3) is 0.524. The Morgan fingerprint density at radius 2 is 2.04 bits per heavy atom. The zero-order chi connectivity index (χ0) is 19.3. The van der Waals surface area contributed by atoms with Crippen LogP contribution in [0.1, 0.15) is 36.0 Å². The number of carbonyl (C=O) groups is 1. The predicted molar refractivity (Wildman–Crippen MR) is 106 cm³/mol. The van der Waals surface area contributed by atoms with E-state index in [1.165, 1.54) is 0 Å². The van der Waals surface area contributed by atoms with E-state index in [2.05, 4.69) is 15.4 Å². The number of methoxy groups -OCH3 is 1. The van der Waals surface area contributed by atoms with Crippen molar-refractivity contribution in [3.8, 4) is 17.1 Å². The molecule has 7 nitrogen and oxygen atoms in total. The van der Waals surface area contributed by atoms with Gasteiger partial charge in [0, 0.05) is 31.8 Å². The Morgan fingerprint density at radius 3 is 2.71 bits per heavy atom. The maximum atomic E-state index is 13.1. The Kier molecular flexibility index (Phi) is 5.81. The summed E-state index contributed by atoms with van der Waals surface area (Å²) in [7, 11) is 1.63. The van der Waals surface area contributed by atoms with E-state index in [1.54, 1.807) is 7.11 Å². The van der Waals surface area contributed by atoms with Gasteiger partial charge < -0.3 is 24.2 Å². The largest absolute Gasteiger partial charge is 0.497 e. The number of carbonyl (C=O) groups excluding carboxylic acids is 1. The van der Waals surface area contributed by atoms with Crippen molar-refractivity contribution in [1.29, 1.82) is 0 Å². The number of nitrogens with zero attached hydrogens (tertiary/aromatic N) is 2. The highest BCUT2D eigenvalue weighted by molar-refractivity contribution is 6.04. The minimum absolute atomic E-state index is 0.139. The van der Waals surface area contributed by atoms with Crippen LogP contribution in [0.15, 0.2) is 28.8 Å². The molecule has 1 unspecified atom stereocenters. The summed E-state index contributed by atoms with van der Waals surface area (Å²) >= 11 is 0. The van der Waals surface area contributed by atoms with E-state index in [1.807, 2.05) is 24.3 Å². The van der Waals surface area contributed by atoms with Crippen molar-refractivity contribution in [2.24, 2.45) is 5.92 Å². The zero-order valence-electron chi connectivity index (χ0n) is 16.3. The van der Waals surface area contributed by atoms with Gasteiger partial charge in [0.25, 0.3) is 5.91 Å². The fourth-order valence-electron chi connectivity index (χ4n) is 3.86. The maximum Gasteiger partial charge on any atom is 0.259 e. The molecule has 1 atom stereocenters. The molecule has 0 spiro atoms. The van der Waals surface area contributed by atoms with Crippen molar-refractivity contribution < 1.29 is 18.8 Å². The van der Waals surface area contributed by atoms with Crippen molar-refractivity contribution in [3.05, 3.63) is 29.8 Å². The molecule has 2 aliphatic rings. The van der Waals surface area contributed by atoms with Gasteiger partial charge in [-0.1, -0.05) is 5.16 Å². The van der Waals surface area contributed by atoms with E-state index in [9.17, 15) is 4.79 Å². The molecule has 1 amide bonds. The highest BCUT2D eigenvalue weighted by Crippen LogP contribution is 2.33. The van der Waals surface area contributed by atoms with Crippen LogP contribution in [-0.4, -0.2) is 51.0 Å². The lowest BCUT2D eigenvalue weighted by Crippen LogP contribution is -2.34. The van der Waals surface area contributed by atoms with E-state index in [0.717, 1.165) is 56.7 Å². The number of ether oxygens (including phenoxy) is 2. The highest BCUT2D eigenvalue weighted by atomic mass is 16.5. The third kappa shape index (κ3) is 3.99. The van der Waals surface area contributed by atoms with Gasteiger partial charge in [-0.25, -0.2) is 0 Å². The first kappa shape index (κ1) is 18.8. The number of benzene rings is 1. The van der Waals surface area contributed by atoms with Crippen molar-refractivity contribution in [2.75, 3.05) is 44.9 Å². The molecule has 28 heavy (non-hydrogen) atoms. The predicted octanol–water partition coefficient (Wildman–Crippen LogP) is 3.11. The summed E-state index contributed by atoms with van der Waals surface area (Å²) in [6.07, 6.45) is 4.33. The molecule has 2 saturated heterocycles. The van der Waals surface area contributed by atoms with Crippen molar-refractivity contribution in [2.45, 2.75) is 25.7 Å². The Labute approximate surface area is 165 Å². The molecule has 4 rings (SSSR count). The molecule has 1 aromatic heterocycles. The number of amides is 1. The normalized spacial score (nSPS) is 19.6. The summed E-state index contributed by atoms with van der Waals surface area (Å²) in [6.45, 7) is 3.91. The summed E-state index contributed by atoms with van der Waals surface area (Å²) in [4.78, 5) is 15.3. The van der Waals surface area contributed by atoms with E-state index in [0.29, 0.717) is 36.2 Å². The third-order valence-electron chi connectivity index (χ3n) is 5.46. The van der Waals surface area contributed by atoms with Crippen LogP contribution in [0.25, 0.3) is 11.3 Å². The summed E-state index contributed by atoms with van der Waals surface area (Å²) in [6, 6.07) is 7.49. The summed E-state index contributed by atoms with van der Waals surface area (Å²) in [5.41, 5.74) is 1.33. The smallest absolute Gasteiger partial charge is 0.259 e. The van der Waals surface area contributed by atoms with E-state index in [4.69, 9.17) is 14.0 Å². The average Bonchev–Trinajstić information content (AvgIpc) is 3.42. The Morgan fingerprint density at radius 1 is 1.25 bits per heavy atom. The van der Waals surface area contributed by atoms with Gasteiger partial charge in [0.05, 0.1) is 13.7 Å². The molecule has 1 aromatic carbocycles. The topological polar surface area (TPSA) is 76.8 Å². The second kappa shape index (κ2) is 8.65.